The molecule has 0 spiro atoms. The Labute approximate surface area is 134 Å². The first-order chi connectivity index (χ1) is 10.5. The molecule has 0 saturated carbocycles. The van der Waals surface area contributed by atoms with Gasteiger partial charge in [0.1, 0.15) is 16.4 Å². The van der Waals surface area contributed by atoms with Gasteiger partial charge in [-0.3, -0.25) is 0 Å². The van der Waals surface area contributed by atoms with E-state index in [1.54, 1.807) is 26.4 Å². The highest BCUT2D eigenvalue weighted by atomic mass is 32.2. The maximum Gasteiger partial charge on any atom is 0.154 e. The van der Waals surface area contributed by atoms with Crippen molar-refractivity contribution in [1.29, 1.82) is 0 Å². The minimum absolute atomic E-state index is 0.578. The summed E-state index contributed by atoms with van der Waals surface area (Å²) < 4.78 is 26.4. The van der Waals surface area contributed by atoms with Crippen molar-refractivity contribution in [2.75, 3.05) is 18.9 Å². The van der Waals surface area contributed by atoms with E-state index in [2.05, 4.69) is 10.8 Å². The van der Waals surface area contributed by atoms with Crippen molar-refractivity contribution in [1.82, 2.24) is 0 Å². The summed E-state index contributed by atoms with van der Waals surface area (Å²) in [5.74, 6) is 1.29. The first-order valence-electron chi connectivity index (χ1n) is 6.94. The molecule has 0 aliphatic heterocycles. The number of benzene rings is 2. The number of ether oxygens (including phenoxy) is 2. The average molecular weight is 319 g/mol. The number of hydrogen-bond acceptors (Lipinski definition) is 3. The smallest absolute Gasteiger partial charge is 0.154 e. The maximum absolute atomic E-state index is 12.6. The molecule has 2 aromatic rings. The second-order valence-electron chi connectivity index (χ2n) is 5.17. The predicted molar refractivity (Wildman–Crippen MR) is 90.2 cm³/mol. The van der Waals surface area contributed by atoms with Gasteiger partial charge in [0.05, 0.1) is 14.2 Å². The van der Waals surface area contributed by atoms with Crippen LogP contribution in [0.3, 0.4) is 0 Å². The fourth-order valence-corrected chi connectivity index (χ4v) is 3.50. The summed E-state index contributed by atoms with van der Waals surface area (Å²) in [6.45, 7) is 5.91. The van der Waals surface area contributed by atoms with Gasteiger partial charge in [-0.05, 0) is 56.2 Å². The van der Waals surface area contributed by atoms with Gasteiger partial charge < -0.3 is 14.2 Å². The van der Waals surface area contributed by atoms with E-state index >= 15 is 0 Å². The average Bonchev–Trinajstić information content (AvgIpc) is 2.45. The molecular weight excluding hydrogens is 298 g/mol. The van der Waals surface area contributed by atoms with E-state index < -0.39 is 11.0 Å². The van der Waals surface area contributed by atoms with Gasteiger partial charge in [-0.2, -0.15) is 0 Å². The Hall–Kier alpha value is -2.01. The first kappa shape index (κ1) is 16.4. The Morgan fingerprint density at radius 3 is 2.14 bits per heavy atom. The molecule has 4 nitrogen and oxygen atoms in total. The lowest BCUT2D eigenvalue weighted by Gasteiger charge is -2.15. The van der Waals surface area contributed by atoms with Crippen LogP contribution in [0.4, 0.5) is 5.69 Å². The van der Waals surface area contributed by atoms with Gasteiger partial charge in [-0.25, -0.2) is 4.21 Å². The quantitative estimate of drug-likeness (QED) is 0.912. The molecule has 1 N–H and O–H groups in total. The third-order valence-corrected chi connectivity index (χ3v) is 4.52. The van der Waals surface area contributed by atoms with E-state index in [1.807, 2.05) is 32.9 Å². The molecule has 5 heteroatoms. The first-order valence-corrected chi connectivity index (χ1v) is 8.09. The lowest BCUT2D eigenvalue weighted by atomic mass is 10.1. The summed E-state index contributed by atoms with van der Waals surface area (Å²) in [5.41, 5.74) is 3.90. The number of hydrogen-bond donors (Lipinski definition) is 1. The molecule has 0 bridgehead atoms. The molecule has 0 amide bonds. The van der Waals surface area contributed by atoms with Crippen LogP contribution in [-0.2, 0) is 11.0 Å². The SMILES string of the molecule is COc1ccc([S@@](=O)Nc2cc(C)cc(C)c2)c(OC)c1C. The van der Waals surface area contributed by atoms with Crippen molar-refractivity contribution in [2.45, 2.75) is 25.7 Å². The monoisotopic (exact) mass is 319 g/mol. The van der Waals surface area contributed by atoms with Gasteiger partial charge in [0.15, 0.2) is 11.0 Å². The predicted octanol–water partition coefficient (Wildman–Crippen LogP) is 3.76. The number of methoxy groups -OCH3 is 2. The minimum Gasteiger partial charge on any atom is -0.496 e. The lowest BCUT2D eigenvalue weighted by Crippen LogP contribution is -2.08. The Morgan fingerprint density at radius 1 is 0.955 bits per heavy atom. The van der Waals surface area contributed by atoms with Crippen LogP contribution in [0.1, 0.15) is 16.7 Å². The summed E-state index contributed by atoms with van der Waals surface area (Å²) in [4.78, 5) is 0.597. The Balaban J connectivity index is 2.35. The van der Waals surface area contributed by atoms with Crippen molar-refractivity contribution in [3.05, 3.63) is 47.0 Å². The molecule has 0 aromatic heterocycles. The molecule has 2 rings (SSSR count). The van der Waals surface area contributed by atoms with Crippen molar-refractivity contribution in [3.63, 3.8) is 0 Å². The third kappa shape index (κ3) is 3.42. The van der Waals surface area contributed by atoms with E-state index in [-0.39, 0.29) is 0 Å². The van der Waals surface area contributed by atoms with Gasteiger partial charge in [0.2, 0.25) is 0 Å². The molecular formula is C17H21NO3S. The van der Waals surface area contributed by atoms with Crippen molar-refractivity contribution in [3.8, 4) is 11.5 Å². The van der Waals surface area contributed by atoms with Crippen LogP contribution < -0.4 is 14.2 Å². The molecule has 118 valence electrons. The molecule has 0 heterocycles. The summed E-state index contributed by atoms with van der Waals surface area (Å²) in [6.07, 6.45) is 0. The number of nitrogens with one attached hydrogen (secondary N) is 1. The highest BCUT2D eigenvalue weighted by Crippen LogP contribution is 2.33. The van der Waals surface area contributed by atoms with Crippen LogP contribution in [-0.4, -0.2) is 18.4 Å². The molecule has 0 saturated heterocycles. The largest absolute Gasteiger partial charge is 0.496 e. The van der Waals surface area contributed by atoms with Crippen LogP contribution in [0.2, 0.25) is 0 Å². The second kappa shape index (κ2) is 6.83. The zero-order chi connectivity index (χ0) is 16.3. The Bertz CT molecular complexity index is 693. The van der Waals surface area contributed by atoms with E-state index in [0.717, 1.165) is 22.4 Å². The lowest BCUT2D eigenvalue weighted by molar-refractivity contribution is 0.381. The molecule has 2 aromatic carbocycles. The zero-order valence-corrected chi connectivity index (χ0v) is 14.3. The molecule has 0 radical (unpaired) electrons. The summed E-state index contributed by atoms with van der Waals surface area (Å²) in [5, 5.41) is 0. The topological polar surface area (TPSA) is 47.6 Å². The van der Waals surface area contributed by atoms with Crippen LogP contribution in [0, 0.1) is 20.8 Å². The van der Waals surface area contributed by atoms with Gasteiger partial charge >= 0.3 is 0 Å². The number of anilines is 1. The fraction of sp³-hybridized carbons (Fsp3) is 0.294. The summed E-state index contributed by atoms with van der Waals surface area (Å²) in [6, 6.07) is 9.57. The Morgan fingerprint density at radius 2 is 1.59 bits per heavy atom. The molecule has 1 atom stereocenters. The van der Waals surface area contributed by atoms with E-state index in [1.165, 1.54) is 0 Å². The van der Waals surface area contributed by atoms with E-state index in [4.69, 9.17) is 9.47 Å². The minimum atomic E-state index is -1.41. The van der Waals surface area contributed by atoms with Gasteiger partial charge in [-0.1, -0.05) is 6.07 Å². The number of rotatable bonds is 5. The number of aryl methyl sites for hydroxylation is 2. The van der Waals surface area contributed by atoms with Gasteiger partial charge in [0, 0.05) is 11.3 Å². The molecule has 22 heavy (non-hydrogen) atoms. The fourth-order valence-electron chi connectivity index (χ4n) is 2.47. The zero-order valence-electron chi connectivity index (χ0n) is 13.5. The third-order valence-electron chi connectivity index (χ3n) is 3.38. The standard InChI is InChI=1S/C17H21NO3S/c1-11-8-12(2)10-14(9-11)18-22(19)16-7-6-15(20-4)13(3)17(16)21-5/h6-10,18H,1-5H3/t22-/m1/s1. The molecule has 0 aliphatic carbocycles. The molecule has 0 fully saturated rings. The van der Waals surface area contributed by atoms with E-state index in [9.17, 15) is 4.21 Å². The van der Waals surface area contributed by atoms with Crippen LogP contribution >= 0.6 is 0 Å². The van der Waals surface area contributed by atoms with Crippen LogP contribution in [0.5, 0.6) is 11.5 Å². The van der Waals surface area contributed by atoms with E-state index in [0.29, 0.717) is 16.4 Å². The van der Waals surface area contributed by atoms with Gasteiger partial charge in [0.25, 0.3) is 0 Å². The second-order valence-corrected chi connectivity index (χ2v) is 6.35. The molecule has 0 unspecified atom stereocenters. The highest BCUT2D eigenvalue weighted by molar-refractivity contribution is 7.86. The highest BCUT2D eigenvalue weighted by Gasteiger charge is 2.16. The summed E-state index contributed by atoms with van der Waals surface area (Å²) >= 11 is 0. The van der Waals surface area contributed by atoms with Crippen LogP contribution in [0.15, 0.2) is 35.2 Å². The summed E-state index contributed by atoms with van der Waals surface area (Å²) in [7, 11) is 1.76. The normalized spacial score (nSPS) is 11.9. The van der Waals surface area contributed by atoms with Crippen molar-refractivity contribution >= 4 is 16.7 Å². The van der Waals surface area contributed by atoms with Gasteiger partial charge in [-0.15, -0.1) is 0 Å². The maximum atomic E-state index is 12.6. The Kier molecular flexibility index (Phi) is 5.08. The van der Waals surface area contributed by atoms with Crippen molar-refractivity contribution in [2.24, 2.45) is 0 Å². The van der Waals surface area contributed by atoms with Crippen LogP contribution in [0.25, 0.3) is 0 Å². The van der Waals surface area contributed by atoms with Crippen molar-refractivity contribution < 1.29 is 13.7 Å². The molecule has 0 aliphatic rings.